The number of aliphatic carboxylic acids is 1. The van der Waals surface area contributed by atoms with Gasteiger partial charge in [0.2, 0.25) is 0 Å². The lowest BCUT2D eigenvalue weighted by Crippen LogP contribution is -2.15. The molecule has 0 bridgehead atoms. The quantitative estimate of drug-likeness (QED) is 0.698. The highest BCUT2D eigenvalue weighted by atomic mass is 32.2. The molecule has 0 saturated heterocycles. The van der Waals surface area contributed by atoms with E-state index in [4.69, 9.17) is 5.11 Å². The molecule has 0 amide bonds. The lowest BCUT2D eigenvalue weighted by atomic mass is 10.2. The summed E-state index contributed by atoms with van der Waals surface area (Å²) in [7, 11) is 0. The highest BCUT2D eigenvalue weighted by Crippen LogP contribution is 2.24. The first-order valence-corrected chi connectivity index (χ1v) is 5.83. The average molecular weight is 244 g/mol. The van der Waals surface area contributed by atoms with Crippen molar-refractivity contribution in [2.45, 2.75) is 44.0 Å². The zero-order chi connectivity index (χ0) is 11.9. The summed E-state index contributed by atoms with van der Waals surface area (Å²) in [5.74, 6) is -0.417. The van der Waals surface area contributed by atoms with Crippen LogP contribution in [-0.4, -0.2) is 28.3 Å². The molecule has 0 aliphatic heterocycles. The first kappa shape index (κ1) is 14.6. The fourth-order valence-corrected chi connectivity index (χ4v) is 2.05. The lowest BCUT2D eigenvalue weighted by Gasteiger charge is -2.09. The van der Waals surface area contributed by atoms with Gasteiger partial charge in [-0.3, -0.25) is 4.79 Å². The maximum Gasteiger partial charge on any atom is 0.389 e. The number of carbonyl (C=O) groups is 1. The molecule has 6 heteroatoms. The third-order valence-corrected chi connectivity index (χ3v) is 3.28. The Hall–Kier alpha value is -0.390. The standard InChI is InChI=1S/C9H15F3O2S/c1-2-7(8(13)14)15-6-4-3-5-9(10,11)12/h7H,2-6H2,1H3,(H,13,14). The number of unbranched alkanes of at least 4 members (excludes halogenated alkanes) is 1. The van der Waals surface area contributed by atoms with Crippen molar-refractivity contribution in [3.63, 3.8) is 0 Å². The smallest absolute Gasteiger partial charge is 0.389 e. The average Bonchev–Trinajstić information content (AvgIpc) is 2.08. The van der Waals surface area contributed by atoms with Crippen molar-refractivity contribution < 1.29 is 23.1 Å². The van der Waals surface area contributed by atoms with Crippen LogP contribution in [0.2, 0.25) is 0 Å². The fourth-order valence-electron chi connectivity index (χ4n) is 1.02. The zero-order valence-corrected chi connectivity index (χ0v) is 9.33. The minimum atomic E-state index is -4.10. The Labute approximate surface area is 91.2 Å². The van der Waals surface area contributed by atoms with Crippen LogP contribution < -0.4 is 0 Å². The van der Waals surface area contributed by atoms with E-state index in [9.17, 15) is 18.0 Å². The molecule has 1 N–H and O–H groups in total. The monoisotopic (exact) mass is 244 g/mol. The topological polar surface area (TPSA) is 37.3 Å². The van der Waals surface area contributed by atoms with Crippen LogP contribution in [0.3, 0.4) is 0 Å². The lowest BCUT2D eigenvalue weighted by molar-refractivity contribution is -0.137. The number of thioether (sulfide) groups is 1. The Morgan fingerprint density at radius 1 is 1.40 bits per heavy atom. The van der Waals surface area contributed by atoms with Crippen LogP contribution in [0.25, 0.3) is 0 Å². The highest BCUT2D eigenvalue weighted by molar-refractivity contribution is 8.00. The summed E-state index contributed by atoms with van der Waals surface area (Å²) < 4.78 is 35.2. The Balaban J connectivity index is 3.49. The minimum Gasteiger partial charge on any atom is -0.480 e. The van der Waals surface area contributed by atoms with Crippen molar-refractivity contribution in [3.05, 3.63) is 0 Å². The molecule has 0 aliphatic rings. The number of alkyl halides is 3. The van der Waals surface area contributed by atoms with Gasteiger partial charge in [0.05, 0.1) is 0 Å². The Morgan fingerprint density at radius 2 is 2.00 bits per heavy atom. The molecule has 0 fully saturated rings. The molecule has 2 nitrogen and oxygen atoms in total. The van der Waals surface area contributed by atoms with Gasteiger partial charge in [-0.15, -0.1) is 11.8 Å². The predicted octanol–water partition coefficient (Wildman–Crippen LogP) is 3.32. The molecule has 0 aliphatic carbocycles. The van der Waals surface area contributed by atoms with Gasteiger partial charge in [-0.2, -0.15) is 13.2 Å². The summed E-state index contributed by atoms with van der Waals surface area (Å²) in [4.78, 5) is 10.6. The molecule has 0 radical (unpaired) electrons. The van der Waals surface area contributed by atoms with Gasteiger partial charge in [-0.05, 0) is 25.0 Å². The first-order chi connectivity index (χ1) is 6.87. The van der Waals surface area contributed by atoms with Crippen LogP contribution in [0.4, 0.5) is 13.2 Å². The molecule has 0 heterocycles. The van der Waals surface area contributed by atoms with Crippen molar-refractivity contribution in [2.75, 3.05) is 5.75 Å². The summed E-state index contributed by atoms with van der Waals surface area (Å²) in [5, 5.41) is 8.17. The van der Waals surface area contributed by atoms with Gasteiger partial charge in [0.25, 0.3) is 0 Å². The number of carboxylic acids is 1. The van der Waals surface area contributed by atoms with E-state index >= 15 is 0 Å². The molecule has 0 aromatic rings. The Bertz CT molecular complexity index is 194. The number of halogens is 3. The van der Waals surface area contributed by atoms with E-state index in [1.54, 1.807) is 6.92 Å². The van der Waals surface area contributed by atoms with Gasteiger partial charge in [-0.1, -0.05) is 6.92 Å². The molecular weight excluding hydrogens is 229 g/mol. The second-order valence-corrected chi connectivity index (χ2v) is 4.49. The normalized spacial score (nSPS) is 13.9. The Kier molecular flexibility index (Phi) is 6.80. The number of rotatable bonds is 7. The van der Waals surface area contributed by atoms with E-state index in [-0.39, 0.29) is 6.42 Å². The van der Waals surface area contributed by atoms with Gasteiger partial charge in [0.15, 0.2) is 0 Å². The van der Waals surface area contributed by atoms with Crippen LogP contribution in [0, 0.1) is 0 Å². The van der Waals surface area contributed by atoms with Gasteiger partial charge in [-0.25, -0.2) is 0 Å². The molecule has 1 atom stereocenters. The predicted molar refractivity (Wildman–Crippen MR) is 54.1 cm³/mol. The van der Waals surface area contributed by atoms with Crippen molar-refractivity contribution in [3.8, 4) is 0 Å². The van der Waals surface area contributed by atoms with E-state index in [1.165, 1.54) is 11.8 Å². The van der Waals surface area contributed by atoms with Crippen LogP contribution >= 0.6 is 11.8 Å². The van der Waals surface area contributed by atoms with E-state index < -0.39 is 23.8 Å². The molecule has 0 spiro atoms. The molecule has 15 heavy (non-hydrogen) atoms. The van der Waals surface area contributed by atoms with Crippen LogP contribution in [-0.2, 0) is 4.79 Å². The summed E-state index contributed by atoms with van der Waals surface area (Å²) in [6.45, 7) is 1.75. The largest absolute Gasteiger partial charge is 0.480 e. The summed E-state index contributed by atoms with van der Waals surface area (Å²) in [5.41, 5.74) is 0. The summed E-state index contributed by atoms with van der Waals surface area (Å²) in [6, 6.07) is 0. The maximum absolute atomic E-state index is 11.7. The van der Waals surface area contributed by atoms with Crippen LogP contribution in [0.1, 0.15) is 32.6 Å². The molecule has 0 saturated carbocycles. The second kappa shape index (κ2) is 6.98. The van der Waals surface area contributed by atoms with Crippen molar-refractivity contribution in [2.24, 2.45) is 0 Å². The molecule has 0 rings (SSSR count). The van der Waals surface area contributed by atoms with Crippen molar-refractivity contribution in [1.29, 1.82) is 0 Å². The third-order valence-electron chi connectivity index (χ3n) is 1.82. The van der Waals surface area contributed by atoms with E-state index in [2.05, 4.69) is 0 Å². The third kappa shape index (κ3) is 8.59. The first-order valence-electron chi connectivity index (χ1n) is 4.78. The second-order valence-electron chi connectivity index (χ2n) is 3.18. The van der Waals surface area contributed by atoms with Gasteiger partial charge >= 0.3 is 12.1 Å². The van der Waals surface area contributed by atoms with Crippen LogP contribution in [0.5, 0.6) is 0 Å². The van der Waals surface area contributed by atoms with Gasteiger partial charge in [0.1, 0.15) is 5.25 Å². The zero-order valence-electron chi connectivity index (χ0n) is 8.51. The molecule has 0 aromatic heterocycles. The Morgan fingerprint density at radius 3 is 2.40 bits per heavy atom. The fraction of sp³-hybridized carbons (Fsp3) is 0.889. The summed E-state index contributed by atoms with van der Waals surface area (Å²) in [6.07, 6.45) is -3.89. The van der Waals surface area contributed by atoms with Gasteiger partial charge < -0.3 is 5.11 Å². The SMILES string of the molecule is CCC(SCCCCC(F)(F)F)C(=O)O. The molecular formula is C9H15F3O2S. The van der Waals surface area contributed by atoms with E-state index in [0.29, 0.717) is 18.6 Å². The molecule has 1 unspecified atom stereocenters. The highest BCUT2D eigenvalue weighted by Gasteiger charge is 2.25. The van der Waals surface area contributed by atoms with Crippen molar-refractivity contribution in [1.82, 2.24) is 0 Å². The van der Waals surface area contributed by atoms with E-state index in [0.717, 1.165) is 0 Å². The number of hydrogen-bond donors (Lipinski definition) is 1. The van der Waals surface area contributed by atoms with Crippen molar-refractivity contribution >= 4 is 17.7 Å². The number of hydrogen-bond acceptors (Lipinski definition) is 2. The van der Waals surface area contributed by atoms with E-state index in [1.807, 2.05) is 0 Å². The molecule has 90 valence electrons. The minimum absolute atomic E-state index is 0.0759. The number of carboxylic acid groups (broad SMARTS) is 1. The summed E-state index contributed by atoms with van der Waals surface area (Å²) >= 11 is 1.21. The molecule has 0 aromatic carbocycles. The van der Waals surface area contributed by atoms with Gasteiger partial charge in [0, 0.05) is 6.42 Å². The maximum atomic E-state index is 11.7. The van der Waals surface area contributed by atoms with Crippen LogP contribution in [0.15, 0.2) is 0 Å².